The van der Waals surface area contributed by atoms with E-state index in [1.165, 1.54) is 0 Å². The molecule has 0 bridgehead atoms. The number of fused-ring (bicyclic) bond motifs is 2. The molecule has 132 valence electrons. The van der Waals surface area contributed by atoms with Crippen LogP contribution in [0.4, 0.5) is 5.69 Å². The van der Waals surface area contributed by atoms with Gasteiger partial charge in [0, 0.05) is 11.6 Å². The van der Waals surface area contributed by atoms with E-state index in [1.807, 2.05) is 0 Å². The molecule has 3 aliphatic rings. The Bertz CT molecular complexity index is 747. The van der Waals surface area contributed by atoms with Crippen molar-refractivity contribution in [2.75, 3.05) is 11.9 Å². The van der Waals surface area contributed by atoms with Gasteiger partial charge >= 0.3 is 5.97 Å². The van der Waals surface area contributed by atoms with Gasteiger partial charge in [0.15, 0.2) is 6.61 Å². The van der Waals surface area contributed by atoms with Gasteiger partial charge < -0.3 is 20.1 Å². The van der Waals surface area contributed by atoms with Crippen LogP contribution in [0.5, 0.6) is 5.75 Å². The number of carboxylic acids is 1. The topological polar surface area (TPSA) is 95.9 Å². The van der Waals surface area contributed by atoms with Crippen LogP contribution in [0, 0.1) is 5.92 Å². The Labute approximate surface area is 144 Å². The van der Waals surface area contributed by atoms with Gasteiger partial charge in [0.25, 0.3) is 11.8 Å². The maximum Gasteiger partial charge on any atom is 0.326 e. The number of carbonyl (C=O) groups is 3. The number of amides is 2. The van der Waals surface area contributed by atoms with Crippen molar-refractivity contribution in [3.05, 3.63) is 23.8 Å². The summed E-state index contributed by atoms with van der Waals surface area (Å²) in [6.45, 7) is -0.0865. The monoisotopic (exact) mass is 344 g/mol. The molecule has 1 aliphatic carbocycles. The Morgan fingerprint density at radius 2 is 2.04 bits per heavy atom. The highest BCUT2D eigenvalue weighted by Gasteiger charge is 2.47. The predicted molar refractivity (Wildman–Crippen MR) is 88.5 cm³/mol. The number of benzene rings is 1. The Hall–Kier alpha value is -2.57. The molecule has 3 atom stereocenters. The van der Waals surface area contributed by atoms with Crippen molar-refractivity contribution < 1.29 is 24.2 Å². The van der Waals surface area contributed by atoms with Crippen LogP contribution >= 0.6 is 0 Å². The molecule has 1 aromatic rings. The fraction of sp³-hybridized carbons (Fsp3) is 0.500. The quantitative estimate of drug-likeness (QED) is 0.854. The minimum atomic E-state index is -0.941. The van der Waals surface area contributed by atoms with E-state index in [0.29, 0.717) is 23.4 Å². The van der Waals surface area contributed by atoms with Gasteiger partial charge in [-0.2, -0.15) is 0 Å². The molecule has 7 heteroatoms. The second kappa shape index (κ2) is 6.06. The van der Waals surface area contributed by atoms with Crippen molar-refractivity contribution in [2.24, 2.45) is 5.92 Å². The van der Waals surface area contributed by atoms with Crippen LogP contribution in [0.25, 0.3) is 0 Å². The zero-order chi connectivity index (χ0) is 17.6. The lowest BCUT2D eigenvalue weighted by Gasteiger charge is -2.33. The molecule has 1 saturated carbocycles. The summed E-state index contributed by atoms with van der Waals surface area (Å²) in [5, 5.41) is 12.3. The molecule has 25 heavy (non-hydrogen) atoms. The molecule has 2 aliphatic heterocycles. The zero-order valence-corrected chi connectivity index (χ0v) is 13.7. The first-order valence-electron chi connectivity index (χ1n) is 8.67. The minimum absolute atomic E-state index is 0.000923. The van der Waals surface area contributed by atoms with E-state index >= 15 is 0 Å². The van der Waals surface area contributed by atoms with E-state index < -0.39 is 12.0 Å². The first-order valence-corrected chi connectivity index (χ1v) is 8.67. The molecule has 0 aromatic heterocycles. The molecule has 1 saturated heterocycles. The predicted octanol–water partition coefficient (Wildman–Crippen LogP) is 1.88. The van der Waals surface area contributed by atoms with Crippen LogP contribution in [0.1, 0.15) is 42.5 Å². The van der Waals surface area contributed by atoms with Crippen molar-refractivity contribution in [1.82, 2.24) is 4.90 Å². The molecule has 0 spiro atoms. The van der Waals surface area contributed by atoms with Crippen molar-refractivity contribution in [2.45, 2.75) is 44.2 Å². The van der Waals surface area contributed by atoms with Gasteiger partial charge in [0.1, 0.15) is 11.8 Å². The smallest absolute Gasteiger partial charge is 0.326 e. The maximum atomic E-state index is 13.1. The molecular formula is C18H20N2O5. The molecule has 0 unspecified atom stereocenters. The van der Waals surface area contributed by atoms with E-state index in [0.717, 1.165) is 25.7 Å². The van der Waals surface area contributed by atoms with Crippen LogP contribution in [0.2, 0.25) is 0 Å². The minimum Gasteiger partial charge on any atom is -0.482 e. The lowest BCUT2D eigenvalue weighted by atomic mass is 9.84. The van der Waals surface area contributed by atoms with Crippen molar-refractivity contribution >= 4 is 23.5 Å². The number of rotatable bonds is 2. The molecular weight excluding hydrogens is 324 g/mol. The highest BCUT2D eigenvalue weighted by molar-refractivity contribution is 6.00. The van der Waals surface area contributed by atoms with E-state index in [2.05, 4.69) is 5.32 Å². The van der Waals surface area contributed by atoms with Gasteiger partial charge in [0.05, 0.1) is 5.69 Å². The Morgan fingerprint density at radius 1 is 1.24 bits per heavy atom. The van der Waals surface area contributed by atoms with Crippen molar-refractivity contribution in [3.63, 3.8) is 0 Å². The highest BCUT2D eigenvalue weighted by Crippen LogP contribution is 2.41. The van der Waals surface area contributed by atoms with Crippen molar-refractivity contribution in [3.8, 4) is 5.75 Å². The fourth-order valence-corrected chi connectivity index (χ4v) is 4.33. The fourth-order valence-electron chi connectivity index (χ4n) is 4.33. The molecule has 2 heterocycles. The van der Waals surface area contributed by atoms with Gasteiger partial charge in [-0.1, -0.05) is 12.8 Å². The number of hydrogen-bond acceptors (Lipinski definition) is 4. The summed E-state index contributed by atoms with van der Waals surface area (Å²) in [7, 11) is 0. The summed E-state index contributed by atoms with van der Waals surface area (Å²) in [6.07, 6.45) is 4.50. The number of nitrogens with one attached hydrogen (secondary N) is 1. The largest absolute Gasteiger partial charge is 0.482 e. The number of carboxylic acid groups (broad SMARTS) is 1. The zero-order valence-electron chi connectivity index (χ0n) is 13.7. The summed E-state index contributed by atoms with van der Waals surface area (Å²) in [4.78, 5) is 37.7. The molecule has 7 nitrogen and oxygen atoms in total. The van der Waals surface area contributed by atoms with E-state index in [4.69, 9.17) is 4.74 Å². The van der Waals surface area contributed by atoms with E-state index in [1.54, 1.807) is 23.1 Å². The second-order valence-electron chi connectivity index (χ2n) is 6.96. The van der Waals surface area contributed by atoms with E-state index in [9.17, 15) is 19.5 Å². The number of aliphatic carboxylic acids is 1. The number of carbonyl (C=O) groups excluding carboxylic acids is 2. The average Bonchev–Trinajstić information content (AvgIpc) is 3.00. The van der Waals surface area contributed by atoms with Crippen LogP contribution in [-0.4, -0.2) is 46.5 Å². The highest BCUT2D eigenvalue weighted by atomic mass is 16.5. The third-order valence-electron chi connectivity index (χ3n) is 5.47. The normalized spacial score (nSPS) is 27.8. The summed E-state index contributed by atoms with van der Waals surface area (Å²) < 4.78 is 5.37. The number of ether oxygens (including phenoxy) is 1. The molecule has 0 radical (unpaired) electrons. The van der Waals surface area contributed by atoms with Crippen LogP contribution in [-0.2, 0) is 9.59 Å². The van der Waals surface area contributed by atoms with Gasteiger partial charge in [-0.3, -0.25) is 9.59 Å². The van der Waals surface area contributed by atoms with Crippen LogP contribution in [0.3, 0.4) is 0 Å². The van der Waals surface area contributed by atoms with Crippen LogP contribution in [0.15, 0.2) is 18.2 Å². The molecule has 2 amide bonds. The first-order chi connectivity index (χ1) is 12.0. The molecule has 1 aromatic carbocycles. The van der Waals surface area contributed by atoms with Gasteiger partial charge in [0.2, 0.25) is 0 Å². The number of anilines is 1. The average molecular weight is 344 g/mol. The van der Waals surface area contributed by atoms with Gasteiger partial charge in [-0.15, -0.1) is 0 Å². The standard InChI is InChI=1S/C18H20N2O5/c21-16-9-25-15-8-11(5-6-12(15)19-16)17(22)20-13-4-2-1-3-10(13)7-14(20)18(23)24/h5-6,8,10,13-14H,1-4,7,9H2,(H,19,21)(H,23,24)/t10-,13-,14-/m0/s1. The van der Waals surface area contributed by atoms with Crippen LogP contribution < -0.4 is 10.1 Å². The second-order valence-corrected chi connectivity index (χ2v) is 6.96. The Balaban J connectivity index is 1.64. The summed E-state index contributed by atoms with van der Waals surface area (Å²) in [5.41, 5.74) is 0.923. The maximum absolute atomic E-state index is 13.1. The lowest BCUT2D eigenvalue weighted by molar-refractivity contribution is -0.141. The first kappa shape index (κ1) is 15.9. The Kier molecular flexibility index (Phi) is 3.86. The van der Waals surface area contributed by atoms with Crippen molar-refractivity contribution in [1.29, 1.82) is 0 Å². The van der Waals surface area contributed by atoms with Gasteiger partial charge in [-0.25, -0.2) is 4.79 Å². The molecule has 4 rings (SSSR count). The number of nitrogens with zero attached hydrogens (tertiary/aromatic N) is 1. The van der Waals surface area contributed by atoms with Gasteiger partial charge in [-0.05, 0) is 43.4 Å². The number of hydrogen-bond donors (Lipinski definition) is 2. The van der Waals surface area contributed by atoms with E-state index in [-0.39, 0.29) is 30.4 Å². The third kappa shape index (κ3) is 2.73. The summed E-state index contributed by atoms with van der Waals surface area (Å²) in [6, 6.07) is 4.07. The Morgan fingerprint density at radius 3 is 2.84 bits per heavy atom. The summed E-state index contributed by atoms with van der Waals surface area (Å²) >= 11 is 0. The molecule has 2 fully saturated rings. The SMILES string of the molecule is O=C1COc2cc(C(=O)N3[C@H](C(=O)O)C[C@@H]4CCCC[C@@H]43)ccc2N1. The third-order valence-corrected chi connectivity index (χ3v) is 5.47. The number of likely N-dealkylation sites (tertiary alicyclic amines) is 1. The lowest BCUT2D eigenvalue weighted by Crippen LogP contribution is -2.46. The summed E-state index contributed by atoms with van der Waals surface area (Å²) in [5.74, 6) is -0.736. The molecule has 2 N–H and O–H groups in total.